The van der Waals surface area contributed by atoms with E-state index in [0.29, 0.717) is 22.5 Å². The first kappa shape index (κ1) is 13.8. The summed E-state index contributed by atoms with van der Waals surface area (Å²) in [6.45, 7) is 11.3. The van der Waals surface area contributed by atoms with Crippen LogP contribution >= 0.6 is 0 Å². The van der Waals surface area contributed by atoms with E-state index in [1.54, 1.807) is 18.1 Å². The van der Waals surface area contributed by atoms with E-state index in [9.17, 15) is 4.79 Å². The first-order chi connectivity index (χ1) is 8.22. The Balaban J connectivity index is 2.29. The highest BCUT2D eigenvalue weighted by atomic mass is 16.1. The van der Waals surface area contributed by atoms with Crippen LogP contribution in [0.2, 0.25) is 0 Å². The molecule has 2 aliphatic rings. The number of hydrogen-bond donors (Lipinski definition) is 0. The van der Waals surface area contributed by atoms with Crippen molar-refractivity contribution in [2.75, 3.05) is 0 Å². The van der Waals surface area contributed by atoms with Crippen LogP contribution in [0.3, 0.4) is 0 Å². The zero-order valence-corrected chi connectivity index (χ0v) is 12.7. The molecule has 0 radical (unpaired) electrons. The molecular formula is C17H28O. The minimum Gasteiger partial charge on any atom is -0.300 e. The highest BCUT2D eigenvalue weighted by Gasteiger charge is 2.41. The lowest BCUT2D eigenvalue weighted by molar-refractivity contribution is -0.118. The number of rotatable bonds is 2. The van der Waals surface area contributed by atoms with Gasteiger partial charge in [-0.1, -0.05) is 38.8 Å². The monoisotopic (exact) mass is 248 g/mol. The summed E-state index contributed by atoms with van der Waals surface area (Å²) in [5.74, 6) is 0.912. The van der Waals surface area contributed by atoms with Crippen LogP contribution in [-0.2, 0) is 4.79 Å². The van der Waals surface area contributed by atoms with Crippen LogP contribution in [0.15, 0.2) is 11.1 Å². The van der Waals surface area contributed by atoms with Gasteiger partial charge in [0.2, 0.25) is 0 Å². The Morgan fingerprint density at radius 3 is 2.56 bits per heavy atom. The SMILES string of the molecule is CC(=O)CC1CC2=C(CC1(C)C)C(C)(C)CCC2. The van der Waals surface area contributed by atoms with Gasteiger partial charge in [-0.2, -0.15) is 0 Å². The fourth-order valence-corrected chi connectivity index (χ4v) is 3.98. The molecular weight excluding hydrogens is 220 g/mol. The normalized spacial score (nSPS) is 29.9. The molecule has 0 heterocycles. The summed E-state index contributed by atoms with van der Waals surface area (Å²) in [7, 11) is 0. The molecule has 2 rings (SSSR count). The number of hydrogen-bond acceptors (Lipinski definition) is 1. The molecule has 0 aliphatic heterocycles. The van der Waals surface area contributed by atoms with Gasteiger partial charge < -0.3 is 4.79 Å². The average Bonchev–Trinajstić information content (AvgIpc) is 2.19. The molecule has 0 N–H and O–H groups in total. The lowest BCUT2D eigenvalue weighted by Gasteiger charge is -2.47. The second-order valence-corrected chi connectivity index (χ2v) is 7.79. The topological polar surface area (TPSA) is 17.1 Å². The minimum atomic E-state index is 0.291. The predicted molar refractivity (Wildman–Crippen MR) is 76.5 cm³/mol. The van der Waals surface area contributed by atoms with E-state index in [4.69, 9.17) is 0 Å². The van der Waals surface area contributed by atoms with E-state index in [2.05, 4.69) is 27.7 Å². The summed E-state index contributed by atoms with van der Waals surface area (Å²) in [5, 5.41) is 0. The first-order valence-corrected chi connectivity index (χ1v) is 7.43. The largest absolute Gasteiger partial charge is 0.300 e. The van der Waals surface area contributed by atoms with Gasteiger partial charge in [0.15, 0.2) is 0 Å². The Morgan fingerprint density at radius 1 is 1.28 bits per heavy atom. The van der Waals surface area contributed by atoms with Gasteiger partial charge in [0.25, 0.3) is 0 Å². The van der Waals surface area contributed by atoms with Crippen molar-refractivity contribution in [3.8, 4) is 0 Å². The molecule has 0 amide bonds. The van der Waals surface area contributed by atoms with Gasteiger partial charge in [0, 0.05) is 6.42 Å². The van der Waals surface area contributed by atoms with Crippen LogP contribution in [0.4, 0.5) is 0 Å². The van der Waals surface area contributed by atoms with Gasteiger partial charge >= 0.3 is 0 Å². The highest BCUT2D eigenvalue weighted by Crippen LogP contribution is 2.54. The van der Waals surface area contributed by atoms with Gasteiger partial charge in [-0.05, 0) is 55.8 Å². The van der Waals surface area contributed by atoms with Crippen molar-refractivity contribution in [2.24, 2.45) is 16.7 Å². The Hall–Kier alpha value is -0.590. The molecule has 0 saturated carbocycles. The van der Waals surface area contributed by atoms with Crippen LogP contribution in [-0.4, -0.2) is 5.78 Å². The van der Waals surface area contributed by atoms with Crippen LogP contribution < -0.4 is 0 Å². The number of allylic oxidation sites excluding steroid dienone is 2. The zero-order chi connectivity index (χ0) is 13.6. The number of ketones is 1. The Labute approximate surface area is 112 Å². The summed E-state index contributed by atoms with van der Waals surface area (Å²) in [6, 6.07) is 0. The lowest BCUT2D eigenvalue weighted by atomic mass is 9.58. The van der Waals surface area contributed by atoms with Crippen molar-refractivity contribution in [3.05, 3.63) is 11.1 Å². The molecule has 0 aromatic heterocycles. The van der Waals surface area contributed by atoms with Crippen molar-refractivity contribution in [3.63, 3.8) is 0 Å². The third-order valence-electron chi connectivity index (χ3n) is 5.29. The fourth-order valence-electron chi connectivity index (χ4n) is 3.98. The molecule has 1 atom stereocenters. The second kappa shape index (κ2) is 4.51. The molecule has 102 valence electrons. The molecule has 0 aromatic rings. The summed E-state index contributed by atoms with van der Waals surface area (Å²) in [5.41, 5.74) is 4.10. The van der Waals surface area contributed by atoms with E-state index in [0.717, 1.165) is 6.42 Å². The maximum atomic E-state index is 11.5. The molecule has 0 spiro atoms. The van der Waals surface area contributed by atoms with Gasteiger partial charge in [0.1, 0.15) is 5.78 Å². The standard InChI is InChI=1S/C17H28O/c1-12(18)9-14-10-13-7-6-8-16(2,3)15(13)11-17(14,4)5/h14H,6-11H2,1-5H3. The molecule has 1 heteroatoms. The van der Waals surface area contributed by atoms with Crippen molar-refractivity contribution in [1.82, 2.24) is 0 Å². The van der Waals surface area contributed by atoms with Gasteiger partial charge in [0.05, 0.1) is 0 Å². The molecule has 0 fully saturated rings. The molecule has 0 bridgehead atoms. The zero-order valence-electron chi connectivity index (χ0n) is 12.7. The smallest absolute Gasteiger partial charge is 0.130 e. The third kappa shape index (κ3) is 2.55. The van der Waals surface area contributed by atoms with Gasteiger partial charge in [-0.15, -0.1) is 0 Å². The molecule has 1 unspecified atom stereocenters. The van der Waals surface area contributed by atoms with Crippen molar-refractivity contribution >= 4 is 5.78 Å². The maximum Gasteiger partial charge on any atom is 0.130 e. The number of Topliss-reactive ketones (excluding diaryl/α,β-unsaturated/α-hetero) is 1. The van der Waals surface area contributed by atoms with Crippen molar-refractivity contribution in [2.45, 2.75) is 73.1 Å². The number of carbonyl (C=O) groups is 1. The summed E-state index contributed by atoms with van der Waals surface area (Å²) in [4.78, 5) is 11.5. The fraction of sp³-hybridized carbons (Fsp3) is 0.824. The molecule has 0 aromatic carbocycles. The van der Waals surface area contributed by atoms with Crippen molar-refractivity contribution < 1.29 is 4.79 Å². The minimum absolute atomic E-state index is 0.291. The molecule has 1 nitrogen and oxygen atoms in total. The van der Waals surface area contributed by atoms with Gasteiger partial charge in [-0.25, -0.2) is 0 Å². The van der Waals surface area contributed by atoms with Gasteiger partial charge in [-0.3, -0.25) is 0 Å². The highest BCUT2D eigenvalue weighted by molar-refractivity contribution is 5.75. The van der Waals surface area contributed by atoms with Crippen LogP contribution in [0.1, 0.15) is 73.1 Å². The second-order valence-electron chi connectivity index (χ2n) is 7.79. The van der Waals surface area contributed by atoms with E-state index >= 15 is 0 Å². The van der Waals surface area contributed by atoms with E-state index in [1.165, 1.54) is 32.1 Å². The average molecular weight is 248 g/mol. The maximum absolute atomic E-state index is 11.5. The summed E-state index contributed by atoms with van der Waals surface area (Å²) in [6.07, 6.45) is 7.09. The lowest BCUT2D eigenvalue weighted by Crippen LogP contribution is -2.36. The molecule has 18 heavy (non-hydrogen) atoms. The Morgan fingerprint density at radius 2 is 1.94 bits per heavy atom. The number of carbonyl (C=O) groups excluding carboxylic acids is 1. The first-order valence-electron chi connectivity index (χ1n) is 7.43. The molecule has 0 saturated heterocycles. The van der Waals surface area contributed by atoms with Crippen molar-refractivity contribution in [1.29, 1.82) is 0 Å². The molecule has 2 aliphatic carbocycles. The Kier molecular flexibility index (Phi) is 3.46. The predicted octanol–water partition coefficient (Wildman–Crippen LogP) is 4.91. The van der Waals surface area contributed by atoms with E-state index < -0.39 is 0 Å². The van der Waals surface area contributed by atoms with Crippen LogP contribution in [0.5, 0.6) is 0 Å². The quantitative estimate of drug-likeness (QED) is 0.635. The van der Waals surface area contributed by atoms with Crippen LogP contribution in [0, 0.1) is 16.7 Å². The van der Waals surface area contributed by atoms with E-state index in [1.807, 2.05) is 0 Å². The summed E-state index contributed by atoms with van der Waals surface area (Å²) < 4.78 is 0. The summed E-state index contributed by atoms with van der Waals surface area (Å²) >= 11 is 0. The van der Waals surface area contributed by atoms with Crippen LogP contribution in [0.25, 0.3) is 0 Å². The third-order valence-corrected chi connectivity index (χ3v) is 5.29. The van der Waals surface area contributed by atoms with E-state index in [-0.39, 0.29) is 0 Å². The Bertz CT molecular complexity index is 384.